The summed E-state index contributed by atoms with van der Waals surface area (Å²) in [6.07, 6.45) is -4.52. The van der Waals surface area contributed by atoms with Crippen molar-refractivity contribution in [2.24, 2.45) is 4.99 Å². The first kappa shape index (κ1) is 23.6. The van der Waals surface area contributed by atoms with Crippen LogP contribution in [0.2, 0.25) is 0 Å². The maximum Gasteiger partial charge on any atom is 0.416 e. The van der Waals surface area contributed by atoms with Gasteiger partial charge in [0.25, 0.3) is 0 Å². The average Bonchev–Trinajstić information content (AvgIpc) is 3.02. The Morgan fingerprint density at radius 1 is 0.889 bits per heavy atom. The number of carbonyl (C=O) groups excluding carboxylic acids is 1. The van der Waals surface area contributed by atoms with Crippen molar-refractivity contribution >= 4 is 23.2 Å². The molecule has 36 heavy (non-hydrogen) atoms. The van der Waals surface area contributed by atoms with E-state index in [1.807, 2.05) is 4.90 Å². The van der Waals surface area contributed by atoms with Crippen molar-refractivity contribution < 1.29 is 31.5 Å². The minimum absolute atomic E-state index is 0.00295. The number of ether oxygens (including phenoxy) is 1. The zero-order chi connectivity index (χ0) is 25.4. The fraction of sp³-hybridized carbons (Fsp3) is 0.200. The molecule has 0 atom stereocenters. The fourth-order valence-electron chi connectivity index (χ4n) is 4.04. The van der Waals surface area contributed by atoms with Crippen LogP contribution >= 0.6 is 0 Å². The molecule has 0 saturated carbocycles. The molecular formula is C25H19F5N4O2. The molecule has 1 N–H and O–H groups in total. The van der Waals surface area contributed by atoms with Gasteiger partial charge in [-0.05, 0) is 42.5 Å². The van der Waals surface area contributed by atoms with Gasteiger partial charge in [0.05, 0.1) is 11.1 Å². The lowest BCUT2D eigenvalue weighted by Crippen LogP contribution is -2.51. The van der Waals surface area contributed by atoms with Gasteiger partial charge < -0.3 is 19.9 Å². The molecule has 6 nitrogen and oxygen atoms in total. The van der Waals surface area contributed by atoms with E-state index in [1.54, 1.807) is 24.3 Å². The van der Waals surface area contributed by atoms with E-state index in [0.717, 1.165) is 24.3 Å². The lowest BCUT2D eigenvalue weighted by Gasteiger charge is -2.36. The largest absolute Gasteiger partial charge is 0.454 e. The van der Waals surface area contributed by atoms with E-state index in [-0.39, 0.29) is 17.1 Å². The Kier molecular flexibility index (Phi) is 5.99. The number of halogens is 5. The summed E-state index contributed by atoms with van der Waals surface area (Å²) in [7, 11) is 0. The number of anilines is 1. The Morgan fingerprint density at radius 3 is 2.36 bits per heavy atom. The number of fused-ring (bicyclic) bond motifs is 2. The van der Waals surface area contributed by atoms with Gasteiger partial charge >= 0.3 is 12.2 Å². The van der Waals surface area contributed by atoms with Gasteiger partial charge in [-0.25, -0.2) is 18.6 Å². The number of aliphatic imine (C=N–C) groups is 1. The molecule has 186 valence electrons. The summed E-state index contributed by atoms with van der Waals surface area (Å²) in [4.78, 5) is 20.7. The second-order valence-corrected chi connectivity index (χ2v) is 8.25. The van der Waals surface area contributed by atoms with Crippen LogP contribution < -0.4 is 10.1 Å². The van der Waals surface area contributed by atoms with Crippen LogP contribution in [0, 0.1) is 11.6 Å². The van der Waals surface area contributed by atoms with Crippen LogP contribution in [0.1, 0.15) is 11.1 Å². The third-order valence-corrected chi connectivity index (χ3v) is 5.90. The molecule has 2 heterocycles. The molecule has 2 amide bonds. The summed E-state index contributed by atoms with van der Waals surface area (Å²) in [5.41, 5.74) is 0.170. The lowest BCUT2D eigenvalue weighted by molar-refractivity contribution is -0.137. The number of nitrogens with one attached hydrogen (secondary N) is 1. The molecule has 2 aliphatic rings. The molecule has 3 aromatic carbocycles. The number of carbonyl (C=O) groups is 1. The van der Waals surface area contributed by atoms with Crippen molar-refractivity contribution in [3.8, 4) is 11.5 Å². The highest BCUT2D eigenvalue weighted by atomic mass is 19.4. The lowest BCUT2D eigenvalue weighted by atomic mass is 10.1. The Labute approximate surface area is 202 Å². The van der Waals surface area contributed by atoms with E-state index in [9.17, 15) is 26.7 Å². The predicted octanol–water partition coefficient (Wildman–Crippen LogP) is 6.02. The zero-order valence-electron chi connectivity index (χ0n) is 18.6. The number of nitrogens with zero attached hydrogens (tertiary/aromatic N) is 3. The van der Waals surface area contributed by atoms with Gasteiger partial charge in [-0.2, -0.15) is 13.2 Å². The van der Waals surface area contributed by atoms with E-state index < -0.39 is 29.4 Å². The maximum absolute atomic E-state index is 13.4. The standard InChI is InChI=1S/C25H19F5N4O2/c26-18-7-6-16(14-19(18)27)31-24(35)34-11-9-33(10-12-34)23-17-3-1-2-4-21(17)36-22-13-15(25(28,29)30)5-8-20(22)32-23/h1-8,13-14H,9-12H2,(H,31,35). The van der Waals surface area contributed by atoms with Crippen LogP contribution in [0.25, 0.3) is 0 Å². The average molecular weight is 502 g/mol. The van der Waals surface area contributed by atoms with Gasteiger partial charge in [-0.3, -0.25) is 0 Å². The fourth-order valence-corrected chi connectivity index (χ4v) is 4.04. The van der Waals surface area contributed by atoms with Gasteiger partial charge in [-0.15, -0.1) is 0 Å². The predicted molar refractivity (Wildman–Crippen MR) is 123 cm³/mol. The molecule has 1 fully saturated rings. The van der Waals surface area contributed by atoms with E-state index in [2.05, 4.69) is 10.3 Å². The SMILES string of the molecule is O=C(Nc1ccc(F)c(F)c1)N1CCN(C2=Nc3ccc(C(F)(F)F)cc3Oc3ccccc32)CC1. The number of rotatable bonds is 1. The van der Waals surface area contributed by atoms with Crippen LogP contribution in [0.4, 0.5) is 38.1 Å². The van der Waals surface area contributed by atoms with E-state index in [0.29, 0.717) is 43.3 Å². The van der Waals surface area contributed by atoms with Crippen LogP contribution in [0.15, 0.2) is 65.7 Å². The number of alkyl halides is 3. The zero-order valence-corrected chi connectivity index (χ0v) is 18.6. The quantitative estimate of drug-likeness (QED) is 0.415. The molecular weight excluding hydrogens is 483 g/mol. The Hall–Kier alpha value is -4.15. The second kappa shape index (κ2) is 9.14. The first-order chi connectivity index (χ1) is 17.2. The molecule has 5 rings (SSSR count). The number of hydrogen-bond donors (Lipinski definition) is 1. The number of benzene rings is 3. The van der Waals surface area contributed by atoms with Crippen molar-refractivity contribution in [1.82, 2.24) is 9.80 Å². The minimum atomic E-state index is -4.52. The summed E-state index contributed by atoms with van der Waals surface area (Å²) >= 11 is 0. The van der Waals surface area contributed by atoms with Gasteiger partial charge in [0.15, 0.2) is 17.4 Å². The first-order valence-electron chi connectivity index (χ1n) is 11.0. The van der Waals surface area contributed by atoms with E-state index in [4.69, 9.17) is 4.74 Å². The van der Waals surface area contributed by atoms with Gasteiger partial charge in [0.2, 0.25) is 0 Å². The van der Waals surface area contributed by atoms with Gasteiger partial charge in [0.1, 0.15) is 17.3 Å². The summed E-state index contributed by atoms with van der Waals surface area (Å²) < 4.78 is 72.1. The second-order valence-electron chi connectivity index (χ2n) is 8.25. The molecule has 11 heteroatoms. The van der Waals surface area contributed by atoms with Crippen molar-refractivity contribution in [3.63, 3.8) is 0 Å². The third-order valence-electron chi connectivity index (χ3n) is 5.90. The van der Waals surface area contributed by atoms with Crippen molar-refractivity contribution in [3.05, 3.63) is 83.4 Å². The van der Waals surface area contributed by atoms with E-state index in [1.165, 1.54) is 17.0 Å². The molecule has 0 aliphatic carbocycles. The molecule has 1 saturated heterocycles. The number of para-hydroxylation sites is 1. The topological polar surface area (TPSA) is 57.2 Å². The van der Waals surface area contributed by atoms with Crippen molar-refractivity contribution in [2.45, 2.75) is 6.18 Å². The van der Waals surface area contributed by atoms with Crippen LogP contribution in [-0.4, -0.2) is 47.8 Å². The molecule has 3 aromatic rings. The van der Waals surface area contributed by atoms with Crippen LogP contribution in [-0.2, 0) is 6.18 Å². The molecule has 0 radical (unpaired) electrons. The summed E-state index contributed by atoms with van der Waals surface area (Å²) in [6.45, 7) is 1.37. The number of hydrogen-bond acceptors (Lipinski definition) is 4. The van der Waals surface area contributed by atoms with Gasteiger partial charge in [-0.1, -0.05) is 12.1 Å². The molecule has 2 aliphatic heterocycles. The third kappa shape index (κ3) is 4.68. The smallest absolute Gasteiger partial charge is 0.416 e. The summed E-state index contributed by atoms with van der Waals surface area (Å²) in [6, 6.07) is 12.7. The Balaban J connectivity index is 1.36. The highest BCUT2D eigenvalue weighted by molar-refractivity contribution is 6.04. The number of amides is 2. The number of urea groups is 1. The maximum atomic E-state index is 13.4. The summed E-state index contributed by atoms with van der Waals surface area (Å²) in [5.74, 6) is -1.19. The highest BCUT2D eigenvalue weighted by Gasteiger charge is 2.33. The van der Waals surface area contributed by atoms with Crippen molar-refractivity contribution in [2.75, 3.05) is 31.5 Å². The van der Waals surface area contributed by atoms with Crippen LogP contribution in [0.5, 0.6) is 11.5 Å². The minimum Gasteiger partial charge on any atom is -0.454 e. The first-order valence-corrected chi connectivity index (χ1v) is 11.0. The molecule has 0 spiro atoms. The van der Waals surface area contributed by atoms with E-state index >= 15 is 0 Å². The normalized spacial score (nSPS) is 15.3. The molecule has 0 aromatic heterocycles. The molecule has 0 bridgehead atoms. The Morgan fingerprint density at radius 2 is 1.64 bits per heavy atom. The van der Waals surface area contributed by atoms with Crippen LogP contribution in [0.3, 0.4) is 0 Å². The van der Waals surface area contributed by atoms with Crippen molar-refractivity contribution in [1.29, 1.82) is 0 Å². The van der Waals surface area contributed by atoms with Gasteiger partial charge in [0, 0.05) is 37.9 Å². The Bertz CT molecular complexity index is 1350. The monoisotopic (exact) mass is 502 g/mol. The highest BCUT2D eigenvalue weighted by Crippen LogP contribution is 2.41. The molecule has 0 unspecified atom stereocenters. The summed E-state index contributed by atoms with van der Waals surface area (Å²) in [5, 5.41) is 2.55. The number of amidine groups is 1. The number of piperazine rings is 1.